The van der Waals surface area contributed by atoms with Crippen molar-refractivity contribution in [2.75, 3.05) is 5.32 Å². The average Bonchev–Trinajstić information content (AvgIpc) is 3.44. The van der Waals surface area contributed by atoms with Gasteiger partial charge in [-0.05, 0) is 82.0 Å². The molecular weight excluding hydrogens is 350 g/mol. The number of carbonyl (C=O) groups is 1. The van der Waals surface area contributed by atoms with Gasteiger partial charge in [-0.15, -0.1) is 0 Å². The van der Waals surface area contributed by atoms with Crippen molar-refractivity contribution in [3.63, 3.8) is 0 Å². The van der Waals surface area contributed by atoms with Gasteiger partial charge in [-0.3, -0.25) is 4.98 Å². The Kier molecular flexibility index (Phi) is 4.86. The highest BCUT2D eigenvalue weighted by Crippen LogP contribution is 2.40. The molecule has 2 amide bonds. The van der Waals surface area contributed by atoms with Crippen LogP contribution in [0.25, 0.3) is 5.69 Å². The van der Waals surface area contributed by atoms with Crippen LogP contribution in [0, 0.1) is 26.7 Å². The Morgan fingerprint density at radius 2 is 1.82 bits per heavy atom. The van der Waals surface area contributed by atoms with Gasteiger partial charge in [-0.25, -0.2) is 9.48 Å². The van der Waals surface area contributed by atoms with Gasteiger partial charge in [0.1, 0.15) is 0 Å². The molecule has 1 saturated carbocycles. The van der Waals surface area contributed by atoms with Crippen molar-refractivity contribution in [3.8, 4) is 5.69 Å². The molecule has 1 atom stereocenters. The van der Waals surface area contributed by atoms with Crippen molar-refractivity contribution >= 4 is 11.7 Å². The minimum Gasteiger partial charge on any atom is -0.329 e. The van der Waals surface area contributed by atoms with Crippen molar-refractivity contribution in [2.45, 2.75) is 39.7 Å². The van der Waals surface area contributed by atoms with Crippen molar-refractivity contribution in [1.82, 2.24) is 20.1 Å². The first-order chi connectivity index (χ1) is 13.5. The predicted octanol–water partition coefficient (Wildman–Crippen LogP) is 4.47. The van der Waals surface area contributed by atoms with Gasteiger partial charge >= 0.3 is 6.03 Å². The van der Waals surface area contributed by atoms with Gasteiger partial charge in [0.05, 0.1) is 23.1 Å². The van der Waals surface area contributed by atoms with Crippen molar-refractivity contribution in [1.29, 1.82) is 0 Å². The number of hydrogen-bond donors (Lipinski definition) is 2. The van der Waals surface area contributed by atoms with E-state index < -0.39 is 0 Å². The lowest BCUT2D eigenvalue weighted by Gasteiger charge is -2.19. The van der Waals surface area contributed by atoms with Crippen LogP contribution in [-0.4, -0.2) is 20.8 Å². The third-order valence-electron chi connectivity index (χ3n) is 4.99. The molecular formula is C22H25N5O. The van der Waals surface area contributed by atoms with Gasteiger partial charge in [0.15, 0.2) is 0 Å². The molecule has 2 heterocycles. The van der Waals surface area contributed by atoms with E-state index in [4.69, 9.17) is 0 Å². The number of nitrogens with zero attached hydrogens (tertiary/aromatic N) is 3. The van der Waals surface area contributed by atoms with Crippen LogP contribution in [0.3, 0.4) is 0 Å². The van der Waals surface area contributed by atoms with Gasteiger partial charge in [-0.1, -0.05) is 6.07 Å². The molecule has 0 aliphatic heterocycles. The molecule has 2 N–H and O–H groups in total. The van der Waals surface area contributed by atoms with Gasteiger partial charge in [0.2, 0.25) is 0 Å². The topological polar surface area (TPSA) is 71.8 Å². The Hall–Kier alpha value is -3.15. The van der Waals surface area contributed by atoms with E-state index in [1.807, 2.05) is 74.0 Å². The van der Waals surface area contributed by atoms with E-state index in [0.29, 0.717) is 5.92 Å². The van der Waals surface area contributed by atoms with Crippen LogP contribution < -0.4 is 10.6 Å². The van der Waals surface area contributed by atoms with E-state index in [-0.39, 0.29) is 12.1 Å². The highest BCUT2D eigenvalue weighted by Gasteiger charge is 2.34. The van der Waals surface area contributed by atoms with E-state index in [1.54, 1.807) is 0 Å². The number of benzene rings is 1. The number of aryl methyl sites for hydroxylation is 3. The molecule has 6 heteroatoms. The molecule has 144 valence electrons. The van der Waals surface area contributed by atoms with E-state index in [2.05, 4.69) is 20.7 Å². The van der Waals surface area contributed by atoms with Crippen LogP contribution in [0.1, 0.15) is 41.7 Å². The summed E-state index contributed by atoms with van der Waals surface area (Å²) in [5.74, 6) is 0.466. The smallest absolute Gasteiger partial charge is 0.319 e. The number of aromatic nitrogens is 3. The summed E-state index contributed by atoms with van der Waals surface area (Å²) in [6, 6.07) is 15.4. The fourth-order valence-electron chi connectivity index (χ4n) is 3.48. The third kappa shape index (κ3) is 4.06. The zero-order chi connectivity index (χ0) is 19.7. The first-order valence-corrected chi connectivity index (χ1v) is 9.64. The zero-order valence-electron chi connectivity index (χ0n) is 16.4. The summed E-state index contributed by atoms with van der Waals surface area (Å²) < 4.78 is 1.89. The molecule has 2 aromatic heterocycles. The lowest BCUT2D eigenvalue weighted by atomic mass is 10.1. The molecule has 3 aromatic rings. The number of amides is 2. The maximum Gasteiger partial charge on any atom is 0.319 e. The van der Waals surface area contributed by atoms with Crippen LogP contribution in [0.15, 0.2) is 48.5 Å². The fourth-order valence-corrected chi connectivity index (χ4v) is 3.48. The van der Waals surface area contributed by atoms with Gasteiger partial charge in [0.25, 0.3) is 0 Å². The molecule has 0 radical (unpaired) electrons. The Morgan fingerprint density at radius 1 is 1.07 bits per heavy atom. The van der Waals surface area contributed by atoms with Gasteiger partial charge in [-0.2, -0.15) is 5.10 Å². The minimum absolute atomic E-state index is 0.0473. The number of nitrogens with one attached hydrogen (secondary N) is 2. The molecule has 1 aromatic carbocycles. The Morgan fingerprint density at radius 3 is 2.43 bits per heavy atom. The molecule has 28 heavy (non-hydrogen) atoms. The van der Waals surface area contributed by atoms with E-state index >= 15 is 0 Å². The zero-order valence-corrected chi connectivity index (χ0v) is 16.4. The predicted molar refractivity (Wildman–Crippen MR) is 110 cm³/mol. The Bertz CT molecular complexity index is 988. The summed E-state index contributed by atoms with van der Waals surface area (Å²) in [4.78, 5) is 17.2. The minimum atomic E-state index is -0.209. The summed E-state index contributed by atoms with van der Waals surface area (Å²) in [7, 11) is 0. The maximum absolute atomic E-state index is 12.6. The SMILES string of the molecule is Cc1cccc([C@H](NC(=O)Nc2ccc(-n3nc(C)cc3C)cc2)C2CC2)n1. The first kappa shape index (κ1) is 18.2. The largest absolute Gasteiger partial charge is 0.329 e. The van der Waals surface area contributed by atoms with Crippen LogP contribution in [0.4, 0.5) is 10.5 Å². The molecule has 6 nitrogen and oxygen atoms in total. The quantitative estimate of drug-likeness (QED) is 0.691. The summed E-state index contributed by atoms with van der Waals surface area (Å²) in [5, 5.41) is 10.5. The van der Waals surface area contributed by atoms with Gasteiger partial charge in [0, 0.05) is 17.1 Å². The number of anilines is 1. The molecule has 0 saturated heterocycles. The molecule has 4 rings (SSSR count). The van der Waals surface area contributed by atoms with Crippen LogP contribution in [0.2, 0.25) is 0 Å². The van der Waals surface area contributed by atoms with E-state index in [1.165, 1.54) is 0 Å². The van der Waals surface area contributed by atoms with Crippen molar-refractivity contribution in [3.05, 3.63) is 71.3 Å². The van der Waals surface area contributed by atoms with Crippen LogP contribution >= 0.6 is 0 Å². The standard InChI is InChI=1S/C22H25N5O/c1-14-5-4-6-20(23-14)21(17-7-8-17)25-22(28)24-18-9-11-19(12-10-18)27-16(3)13-15(2)26-27/h4-6,9-13,17,21H,7-8H2,1-3H3,(H2,24,25,28)/t21-/m1/s1. The number of pyridine rings is 1. The van der Waals surface area contributed by atoms with E-state index in [9.17, 15) is 4.79 Å². The summed E-state index contributed by atoms with van der Waals surface area (Å²) in [5.41, 5.74) is 5.66. The lowest BCUT2D eigenvalue weighted by molar-refractivity contribution is 0.246. The summed E-state index contributed by atoms with van der Waals surface area (Å²) in [6.45, 7) is 5.97. The molecule has 1 fully saturated rings. The molecule has 0 unspecified atom stereocenters. The molecule has 1 aliphatic carbocycles. The van der Waals surface area contributed by atoms with E-state index in [0.717, 1.165) is 47.0 Å². The second-order valence-electron chi connectivity index (χ2n) is 7.50. The monoisotopic (exact) mass is 375 g/mol. The fraction of sp³-hybridized carbons (Fsp3) is 0.318. The Balaban J connectivity index is 1.43. The third-order valence-corrected chi connectivity index (χ3v) is 4.99. The molecule has 0 spiro atoms. The maximum atomic E-state index is 12.6. The van der Waals surface area contributed by atoms with Crippen molar-refractivity contribution in [2.24, 2.45) is 5.92 Å². The Labute approximate surface area is 165 Å². The second-order valence-corrected chi connectivity index (χ2v) is 7.50. The van der Waals surface area contributed by atoms with Crippen molar-refractivity contribution < 1.29 is 4.79 Å². The molecule has 1 aliphatic rings. The first-order valence-electron chi connectivity index (χ1n) is 9.64. The van der Waals surface area contributed by atoms with Crippen LogP contribution in [-0.2, 0) is 0 Å². The normalized spacial score (nSPS) is 14.5. The second kappa shape index (κ2) is 7.46. The molecule has 0 bridgehead atoms. The number of urea groups is 1. The summed E-state index contributed by atoms with van der Waals surface area (Å²) >= 11 is 0. The number of hydrogen-bond acceptors (Lipinski definition) is 3. The lowest BCUT2D eigenvalue weighted by Crippen LogP contribution is -2.34. The summed E-state index contributed by atoms with van der Waals surface area (Å²) in [6.07, 6.45) is 2.25. The highest BCUT2D eigenvalue weighted by atomic mass is 16.2. The number of rotatable bonds is 5. The van der Waals surface area contributed by atoms with Gasteiger partial charge < -0.3 is 10.6 Å². The van der Waals surface area contributed by atoms with Crippen LogP contribution in [0.5, 0.6) is 0 Å². The highest BCUT2D eigenvalue weighted by molar-refractivity contribution is 5.89. The average molecular weight is 375 g/mol. The number of carbonyl (C=O) groups excluding carboxylic acids is 1.